The third-order valence-corrected chi connectivity index (χ3v) is 6.52. The third-order valence-electron chi connectivity index (χ3n) is 4.94. The molecule has 1 saturated carbocycles. The molecule has 1 N–H and O–H groups in total. The second-order valence-corrected chi connectivity index (χ2v) is 8.40. The van der Waals surface area contributed by atoms with Crippen LogP contribution in [-0.2, 0) is 5.60 Å². The summed E-state index contributed by atoms with van der Waals surface area (Å²) in [7, 11) is 0. The van der Waals surface area contributed by atoms with Crippen molar-refractivity contribution in [2.75, 3.05) is 6.61 Å². The standard InChI is InChI=1S/C17H21FO2S/c18-12-3-6-16(20-10-11-1-2-11)15(7-12)17(19)8-13-4-5-14(9-17)21-13/h3,6-7,11,13-14,19H,1-2,4-5,8-10H2. The molecule has 1 aromatic rings. The highest BCUT2D eigenvalue weighted by molar-refractivity contribution is 8.00. The van der Waals surface area contributed by atoms with Crippen LogP contribution in [0.2, 0.25) is 0 Å². The summed E-state index contributed by atoms with van der Waals surface area (Å²) in [6.45, 7) is 0.691. The lowest BCUT2D eigenvalue weighted by Crippen LogP contribution is -2.35. The fourth-order valence-corrected chi connectivity index (χ4v) is 5.45. The predicted molar refractivity (Wildman–Crippen MR) is 82.2 cm³/mol. The molecular formula is C17H21FO2S. The molecule has 2 bridgehead atoms. The monoisotopic (exact) mass is 308 g/mol. The first kappa shape index (κ1) is 13.9. The Morgan fingerprint density at radius 3 is 2.57 bits per heavy atom. The van der Waals surface area contributed by atoms with Crippen molar-refractivity contribution < 1.29 is 14.2 Å². The zero-order valence-corrected chi connectivity index (χ0v) is 12.9. The van der Waals surface area contributed by atoms with Crippen LogP contribution in [0.3, 0.4) is 0 Å². The van der Waals surface area contributed by atoms with Crippen molar-refractivity contribution in [2.45, 2.75) is 54.6 Å². The SMILES string of the molecule is OC1(c2cc(F)ccc2OCC2CC2)CC2CCC(C1)S2. The van der Waals surface area contributed by atoms with E-state index >= 15 is 0 Å². The topological polar surface area (TPSA) is 29.5 Å². The first-order chi connectivity index (χ1) is 10.1. The van der Waals surface area contributed by atoms with Gasteiger partial charge in [0.1, 0.15) is 11.6 Å². The Kier molecular flexibility index (Phi) is 3.42. The molecule has 3 aliphatic rings. The predicted octanol–water partition coefficient (Wildman–Crippen LogP) is 3.86. The minimum Gasteiger partial charge on any atom is -0.493 e. The van der Waals surface area contributed by atoms with Gasteiger partial charge < -0.3 is 9.84 Å². The Morgan fingerprint density at radius 2 is 1.90 bits per heavy atom. The van der Waals surface area contributed by atoms with Crippen LogP contribution in [0.15, 0.2) is 18.2 Å². The maximum atomic E-state index is 13.7. The van der Waals surface area contributed by atoms with Crippen LogP contribution in [0.1, 0.15) is 44.1 Å². The lowest BCUT2D eigenvalue weighted by Gasteiger charge is -2.37. The van der Waals surface area contributed by atoms with Crippen LogP contribution in [0, 0.1) is 11.7 Å². The van der Waals surface area contributed by atoms with Crippen LogP contribution in [0.5, 0.6) is 5.75 Å². The molecule has 0 aromatic heterocycles. The van der Waals surface area contributed by atoms with Gasteiger partial charge in [0, 0.05) is 16.1 Å². The van der Waals surface area contributed by atoms with E-state index in [4.69, 9.17) is 4.74 Å². The number of halogens is 1. The highest BCUT2D eigenvalue weighted by Gasteiger charge is 2.45. The maximum absolute atomic E-state index is 13.7. The summed E-state index contributed by atoms with van der Waals surface area (Å²) in [5.74, 6) is 1.04. The second-order valence-electron chi connectivity index (χ2n) is 6.79. The van der Waals surface area contributed by atoms with Crippen LogP contribution >= 0.6 is 11.8 Å². The van der Waals surface area contributed by atoms with E-state index in [-0.39, 0.29) is 5.82 Å². The van der Waals surface area contributed by atoms with Crippen molar-refractivity contribution >= 4 is 11.8 Å². The number of rotatable bonds is 4. The molecule has 4 heteroatoms. The third kappa shape index (κ3) is 2.80. The average molecular weight is 308 g/mol. The minimum absolute atomic E-state index is 0.289. The minimum atomic E-state index is -0.919. The molecule has 2 nitrogen and oxygen atoms in total. The Morgan fingerprint density at radius 1 is 1.19 bits per heavy atom. The van der Waals surface area contributed by atoms with Gasteiger partial charge in [-0.1, -0.05) is 0 Å². The van der Waals surface area contributed by atoms with Gasteiger partial charge >= 0.3 is 0 Å². The summed E-state index contributed by atoms with van der Waals surface area (Å²) < 4.78 is 19.6. The van der Waals surface area contributed by atoms with E-state index < -0.39 is 5.60 Å². The van der Waals surface area contributed by atoms with Crippen LogP contribution in [0.4, 0.5) is 4.39 Å². The van der Waals surface area contributed by atoms with E-state index in [0.717, 1.165) is 12.8 Å². The molecule has 2 unspecified atom stereocenters. The smallest absolute Gasteiger partial charge is 0.125 e. The quantitative estimate of drug-likeness (QED) is 0.916. The molecule has 2 aliphatic heterocycles. The number of thioether (sulfide) groups is 1. The van der Waals surface area contributed by atoms with Gasteiger partial charge in [0.05, 0.1) is 12.2 Å². The molecular weight excluding hydrogens is 287 g/mol. The Bertz CT molecular complexity index is 532. The summed E-state index contributed by atoms with van der Waals surface area (Å²) in [5, 5.41) is 12.2. The lowest BCUT2D eigenvalue weighted by molar-refractivity contribution is 0.0164. The van der Waals surface area contributed by atoms with E-state index in [1.807, 2.05) is 11.8 Å². The largest absolute Gasteiger partial charge is 0.493 e. The van der Waals surface area contributed by atoms with Crippen molar-refractivity contribution in [3.05, 3.63) is 29.6 Å². The number of ether oxygens (including phenoxy) is 1. The molecule has 21 heavy (non-hydrogen) atoms. The Labute approximate surface area is 129 Å². The van der Waals surface area contributed by atoms with Gasteiger partial charge in [-0.05, 0) is 62.6 Å². The van der Waals surface area contributed by atoms with Crippen molar-refractivity contribution in [2.24, 2.45) is 5.92 Å². The summed E-state index contributed by atoms with van der Waals surface area (Å²) >= 11 is 1.99. The van der Waals surface area contributed by atoms with Gasteiger partial charge in [-0.25, -0.2) is 4.39 Å². The van der Waals surface area contributed by atoms with E-state index in [0.29, 0.717) is 34.3 Å². The number of fused-ring (bicyclic) bond motifs is 2. The van der Waals surface area contributed by atoms with Gasteiger partial charge in [-0.15, -0.1) is 0 Å². The molecule has 3 fully saturated rings. The Hall–Kier alpha value is -0.740. The first-order valence-electron chi connectivity index (χ1n) is 7.93. The lowest BCUT2D eigenvalue weighted by atomic mass is 9.85. The van der Waals surface area contributed by atoms with E-state index in [2.05, 4.69) is 0 Å². The van der Waals surface area contributed by atoms with Gasteiger partial charge in [0.25, 0.3) is 0 Å². The molecule has 0 amide bonds. The van der Waals surface area contributed by atoms with Crippen molar-refractivity contribution in [3.63, 3.8) is 0 Å². The zero-order valence-electron chi connectivity index (χ0n) is 12.1. The van der Waals surface area contributed by atoms with E-state index in [9.17, 15) is 9.50 Å². The van der Waals surface area contributed by atoms with Crippen LogP contribution in [-0.4, -0.2) is 22.2 Å². The van der Waals surface area contributed by atoms with Crippen molar-refractivity contribution in [1.29, 1.82) is 0 Å². The number of hydrogen-bond acceptors (Lipinski definition) is 3. The molecule has 0 radical (unpaired) electrons. The summed E-state index contributed by atoms with van der Waals surface area (Å²) in [6, 6.07) is 4.60. The highest BCUT2D eigenvalue weighted by Crippen LogP contribution is 2.52. The zero-order chi connectivity index (χ0) is 14.4. The van der Waals surface area contributed by atoms with Crippen molar-refractivity contribution in [1.82, 2.24) is 0 Å². The molecule has 0 spiro atoms. The molecule has 1 aliphatic carbocycles. The van der Waals surface area contributed by atoms with Gasteiger partial charge in [0.15, 0.2) is 0 Å². The van der Waals surface area contributed by atoms with E-state index in [1.165, 1.54) is 37.8 Å². The molecule has 1 aromatic carbocycles. The molecule has 114 valence electrons. The van der Waals surface area contributed by atoms with Gasteiger partial charge in [-0.2, -0.15) is 11.8 Å². The Balaban J connectivity index is 1.63. The molecule has 2 saturated heterocycles. The molecule has 2 heterocycles. The maximum Gasteiger partial charge on any atom is 0.125 e. The van der Waals surface area contributed by atoms with Crippen LogP contribution < -0.4 is 4.74 Å². The summed E-state index contributed by atoms with van der Waals surface area (Å²) in [6.07, 6.45) is 6.23. The second kappa shape index (κ2) is 5.17. The highest BCUT2D eigenvalue weighted by atomic mass is 32.2. The number of hydrogen-bond donors (Lipinski definition) is 1. The number of aliphatic hydroxyl groups is 1. The fraction of sp³-hybridized carbons (Fsp3) is 0.647. The molecule has 4 rings (SSSR count). The fourth-order valence-electron chi connectivity index (χ4n) is 3.62. The average Bonchev–Trinajstić information content (AvgIpc) is 3.22. The first-order valence-corrected chi connectivity index (χ1v) is 8.87. The van der Waals surface area contributed by atoms with Crippen molar-refractivity contribution in [3.8, 4) is 5.75 Å². The van der Waals surface area contributed by atoms with Gasteiger partial charge in [-0.3, -0.25) is 0 Å². The van der Waals surface area contributed by atoms with Crippen LogP contribution in [0.25, 0.3) is 0 Å². The molecule has 2 atom stereocenters. The normalized spacial score (nSPS) is 35.0. The number of benzene rings is 1. The summed E-state index contributed by atoms with van der Waals surface area (Å²) in [4.78, 5) is 0. The van der Waals surface area contributed by atoms with Gasteiger partial charge in [0.2, 0.25) is 0 Å². The summed E-state index contributed by atoms with van der Waals surface area (Å²) in [5.41, 5.74) is -0.252. The van der Waals surface area contributed by atoms with E-state index in [1.54, 1.807) is 6.07 Å².